The molecule has 9 N–H and O–H groups in total. The highest BCUT2D eigenvalue weighted by Crippen LogP contribution is 2.23. The van der Waals surface area contributed by atoms with Gasteiger partial charge in [-0.1, -0.05) is 118 Å². The summed E-state index contributed by atoms with van der Waals surface area (Å²) in [5.74, 6) is 7.94. The molecule has 22 heteroatoms. The summed E-state index contributed by atoms with van der Waals surface area (Å²) in [5.41, 5.74) is 13.0. The van der Waals surface area contributed by atoms with Crippen LogP contribution in [0.1, 0.15) is 210 Å². The summed E-state index contributed by atoms with van der Waals surface area (Å²) >= 11 is 0. The summed E-state index contributed by atoms with van der Waals surface area (Å²) < 4.78 is 25.7. The quantitative estimate of drug-likeness (QED) is 0.0189. The first-order valence-electron chi connectivity index (χ1n) is 35.4. The van der Waals surface area contributed by atoms with Gasteiger partial charge in [0, 0.05) is 122 Å². The van der Waals surface area contributed by atoms with Gasteiger partial charge in [-0.05, 0) is 153 Å². The van der Waals surface area contributed by atoms with Gasteiger partial charge in [-0.15, -0.1) is 0 Å². The van der Waals surface area contributed by atoms with Gasteiger partial charge in [0.2, 0.25) is 5.88 Å². The lowest BCUT2D eigenvalue weighted by Crippen LogP contribution is -2.08. The van der Waals surface area contributed by atoms with Crippen molar-refractivity contribution < 1.29 is 44.1 Å². The van der Waals surface area contributed by atoms with E-state index in [2.05, 4.69) is 202 Å². The topological polar surface area (TPSA) is 290 Å². The third kappa shape index (κ3) is 43.8. The van der Waals surface area contributed by atoms with Gasteiger partial charge >= 0.3 is 0 Å². The highest BCUT2D eigenvalue weighted by atomic mass is 16.5. The van der Waals surface area contributed by atoms with Crippen LogP contribution in [0, 0.1) is 0 Å². The van der Waals surface area contributed by atoms with E-state index in [1.165, 1.54) is 38.9 Å². The minimum Gasteiger partial charge on any atom is -0.490 e. The van der Waals surface area contributed by atoms with E-state index in [0.29, 0.717) is 99.3 Å². The van der Waals surface area contributed by atoms with Crippen LogP contribution in [0.4, 0.5) is 28.7 Å². The molecule has 0 aliphatic rings. The van der Waals surface area contributed by atoms with E-state index < -0.39 is 0 Å². The minimum absolute atomic E-state index is 0. The van der Waals surface area contributed by atoms with Crippen molar-refractivity contribution in [1.82, 2.24) is 39.9 Å². The molecule has 572 valence electrons. The molecule has 0 saturated carbocycles. The number of aliphatic hydroxyl groups is 4. The number of aliphatic hydroxyl groups excluding tert-OH is 4. The van der Waals surface area contributed by atoms with E-state index in [0.717, 1.165) is 52.3 Å². The predicted molar refractivity (Wildman–Crippen MR) is 426 cm³/mol. The Balaban J connectivity index is 0.00000115. The Hall–Kier alpha value is -8.64. The Morgan fingerprint density at radius 3 is 1.08 bits per heavy atom. The zero-order chi connectivity index (χ0) is 76.0. The molecule has 0 aliphatic heterocycles. The number of hydrogen-bond donors (Lipinski definition) is 9. The van der Waals surface area contributed by atoms with Crippen molar-refractivity contribution in [1.29, 1.82) is 0 Å². The summed E-state index contributed by atoms with van der Waals surface area (Å²) in [4.78, 5) is 32.9. The molecule has 8 heterocycles. The van der Waals surface area contributed by atoms with E-state index in [4.69, 9.17) is 44.1 Å². The molecule has 103 heavy (non-hydrogen) atoms. The van der Waals surface area contributed by atoms with Gasteiger partial charge in [-0.3, -0.25) is 24.9 Å². The van der Waals surface area contributed by atoms with Gasteiger partial charge in [0.15, 0.2) is 0 Å². The maximum absolute atomic E-state index is 8.62. The fourth-order valence-corrected chi connectivity index (χ4v) is 8.26. The first-order chi connectivity index (χ1) is 48.9. The maximum atomic E-state index is 8.62. The van der Waals surface area contributed by atoms with E-state index in [-0.39, 0.29) is 33.9 Å². The van der Waals surface area contributed by atoms with E-state index >= 15 is 0 Å². The van der Waals surface area contributed by atoms with Gasteiger partial charge in [0.05, 0.1) is 69.1 Å². The Morgan fingerprint density at radius 2 is 0.670 bits per heavy atom. The normalized spacial score (nSPS) is 10.3. The lowest BCUT2D eigenvalue weighted by molar-refractivity contribution is 0.146. The molecule has 0 amide bonds. The van der Waals surface area contributed by atoms with Crippen LogP contribution >= 0.6 is 0 Å². The first-order valence-corrected chi connectivity index (χ1v) is 35.4. The van der Waals surface area contributed by atoms with Crippen LogP contribution in [-0.2, 0) is 9.47 Å². The number of aromatic nitrogens is 8. The molecule has 8 rings (SSSR count). The van der Waals surface area contributed by atoms with Crippen LogP contribution in [0.25, 0.3) is 0 Å². The zero-order valence-electron chi connectivity index (χ0n) is 64.9. The number of nitrogens with zero attached hydrogens (tertiary/aromatic N) is 8. The molecule has 0 unspecified atom stereocenters. The fraction of sp³-hybridized carbons (Fsp3) is 0.506. The standard InChI is InChI=1S/C11H18N2O.C11H17NO2.2C10H16N2O.2C10H15NO2.2C9H14N2.CH4/c1-9(2)10-6-11(8-12-7-10)13-4-5-14-3;1-9(2)10-6-11(8-12-7-10)14-5-4-13-3;1-8(2)9-5-10(7-11-6-9)12-3-4-13;1-8(2)9-3-4-11-10(7-9)12-5-6-13;1-8(2)9-5-10(7-11-6-9)13-4-3-12;1-8(2)9-3-4-11-10(7-9)13-6-5-12;1-7(2)8-4-9(10-3)6-11-5-8;1-7(2)8-4-5-11-9(6-8)10-3;/h6-9,13H,4-5H2,1-3H3;6-9H,4-5H2,1-3H3;5-8,12-13H,3-4H2,1-2H3;3-4,7-8,13H,5-6H2,1-2H3,(H,11,12);5-8,12H,3-4H2,1-2H3;3-4,7-8,12H,5-6H2,1-2H3;4-7,10H,1-3H3;4-7H,1-3H3,(H,10,11);1H4. The summed E-state index contributed by atoms with van der Waals surface area (Å²) in [7, 11) is 7.14. The van der Waals surface area contributed by atoms with Crippen LogP contribution in [-0.4, -0.2) is 168 Å². The van der Waals surface area contributed by atoms with Crippen molar-refractivity contribution in [2.24, 2.45) is 0 Å². The number of nitrogens with one attached hydrogen (secondary N) is 5. The smallest absolute Gasteiger partial charge is 0.213 e. The van der Waals surface area contributed by atoms with Crippen LogP contribution in [0.2, 0.25) is 0 Å². The average molecular weight is 1430 g/mol. The van der Waals surface area contributed by atoms with Gasteiger partial charge in [-0.25, -0.2) is 15.0 Å². The van der Waals surface area contributed by atoms with Crippen LogP contribution < -0.4 is 40.8 Å². The summed E-state index contributed by atoms with van der Waals surface area (Å²) in [6, 6.07) is 22.3. The first kappa shape index (κ1) is 94.4. The number of rotatable bonds is 30. The van der Waals surface area contributed by atoms with E-state index in [1.54, 1.807) is 45.2 Å². The maximum Gasteiger partial charge on any atom is 0.213 e. The molecule has 0 aromatic carbocycles. The molecular formula is C81H129N13O9. The Morgan fingerprint density at radius 1 is 0.320 bits per heavy atom. The van der Waals surface area contributed by atoms with Crippen molar-refractivity contribution in [3.8, 4) is 17.4 Å². The molecule has 0 saturated heterocycles. The van der Waals surface area contributed by atoms with Crippen molar-refractivity contribution in [2.45, 2.75) is 166 Å². The third-order valence-corrected chi connectivity index (χ3v) is 14.7. The Bertz CT molecular complexity index is 3050. The van der Waals surface area contributed by atoms with Crippen molar-refractivity contribution in [2.75, 3.05) is 134 Å². The zero-order valence-corrected chi connectivity index (χ0v) is 64.9. The number of pyridine rings is 8. The molecule has 8 aromatic heterocycles. The lowest BCUT2D eigenvalue weighted by atomic mass is 10.1. The van der Waals surface area contributed by atoms with Gasteiger partial charge < -0.3 is 70.7 Å². The average Bonchev–Trinajstić information content (AvgIpc) is 1.09. The van der Waals surface area contributed by atoms with E-state index in [9.17, 15) is 0 Å². The molecule has 22 nitrogen and oxygen atoms in total. The molecule has 0 atom stereocenters. The summed E-state index contributed by atoms with van der Waals surface area (Å²) in [6.07, 6.45) is 23.5. The molecule has 0 radical (unpaired) electrons. The number of methoxy groups -OCH3 is 2. The van der Waals surface area contributed by atoms with Crippen molar-refractivity contribution in [3.05, 3.63) is 192 Å². The largest absolute Gasteiger partial charge is 0.490 e. The lowest BCUT2D eigenvalue weighted by Gasteiger charge is -2.09. The Labute approximate surface area is 618 Å². The summed E-state index contributed by atoms with van der Waals surface area (Å²) in [6.45, 7) is 39.0. The number of hydrogen-bond acceptors (Lipinski definition) is 22. The number of anilines is 5. The molecule has 0 bridgehead atoms. The second kappa shape index (κ2) is 57.8. The van der Waals surface area contributed by atoms with Crippen molar-refractivity contribution >= 4 is 28.7 Å². The SMILES string of the molecule is C.CC(C)c1ccnc(NCCO)c1.CC(C)c1ccnc(OCCO)c1.CC(C)c1cncc(NCCO)c1.CC(C)c1cncc(OCCO)c1.CNc1cc(C(C)C)ccn1.CNc1cncc(C(C)C)c1.COCCNc1cncc(C(C)C)c1.COCCOc1cncc(C(C)C)c1. The van der Waals surface area contributed by atoms with E-state index in [1.807, 2.05) is 106 Å². The summed E-state index contributed by atoms with van der Waals surface area (Å²) in [5, 5.41) is 49.8. The van der Waals surface area contributed by atoms with Crippen LogP contribution in [0.15, 0.2) is 147 Å². The molecule has 0 fully saturated rings. The van der Waals surface area contributed by atoms with Gasteiger partial charge in [0.25, 0.3) is 0 Å². The van der Waals surface area contributed by atoms with Crippen LogP contribution in [0.3, 0.4) is 0 Å². The monoisotopic (exact) mass is 1430 g/mol. The van der Waals surface area contributed by atoms with Crippen LogP contribution in [0.5, 0.6) is 17.4 Å². The number of ether oxygens (including phenoxy) is 5. The van der Waals surface area contributed by atoms with Gasteiger partial charge in [-0.2, -0.15) is 0 Å². The predicted octanol–water partition coefficient (Wildman–Crippen LogP) is 16.0. The highest BCUT2D eigenvalue weighted by Gasteiger charge is 2.07. The molecule has 0 aliphatic carbocycles. The molecule has 0 spiro atoms. The highest BCUT2D eigenvalue weighted by molar-refractivity contribution is 5.45. The Kier molecular flexibility index (Phi) is 53.0. The molecular weight excluding hydrogens is 1300 g/mol. The molecule has 8 aromatic rings. The minimum atomic E-state index is 0. The van der Waals surface area contributed by atoms with Gasteiger partial charge in [0.1, 0.15) is 43.0 Å². The third-order valence-electron chi connectivity index (χ3n) is 14.7. The second-order valence-corrected chi connectivity index (χ2v) is 25.7. The fourth-order valence-electron chi connectivity index (χ4n) is 8.26. The second-order valence-electron chi connectivity index (χ2n) is 25.7. The van der Waals surface area contributed by atoms with Crippen molar-refractivity contribution in [3.63, 3.8) is 0 Å².